The van der Waals surface area contributed by atoms with Crippen LogP contribution in [0.3, 0.4) is 0 Å². The lowest BCUT2D eigenvalue weighted by atomic mass is 9.97. The van der Waals surface area contributed by atoms with Gasteiger partial charge in [0.05, 0.1) is 19.6 Å². The summed E-state index contributed by atoms with van der Waals surface area (Å²) in [6.45, 7) is 5.79. The van der Waals surface area contributed by atoms with Gasteiger partial charge in [0.1, 0.15) is 5.75 Å². The predicted molar refractivity (Wildman–Crippen MR) is 90.9 cm³/mol. The third-order valence-electron chi connectivity index (χ3n) is 4.32. The number of esters is 1. The third kappa shape index (κ3) is 4.63. The van der Waals surface area contributed by atoms with Crippen LogP contribution in [-0.4, -0.2) is 43.7 Å². The zero-order valence-corrected chi connectivity index (χ0v) is 14.6. The normalized spacial score (nSPS) is 15.0. The molecule has 1 fully saturated rings. The summed E-state index contributed by atoms with van der Waals surface area (Å²) in [6, 6.07) is 5.79. The average molecular weight is 334 g/mol. The van der Waals surface area contributed by atoms with Crippen molar-refractivity contribution in [3.8, 4) is 5.75 Å². The van der Waals surface area contributed by atoms with Crippen molar-refractivity contribution in [3.05, 3.63) is 29.3 Å². The Bertz CT molecular complexity index is 580. The Morgan fingerprint density at radius 3 is 2.62 bits per heavy atom. The van der Waals surface area contributed by atoms with E-state index in [1.165, 1.54) is 0 Å². The van der Waals surface area contributed by atoms with Crippen LogP contribution in [0.2, 0.25) is 0 Å². The molecule has 1 N–H and O–H groups in total. The number of piperidine rings is 1. The molecular weight excluding hydrogens is 308 g/mol. The number of benzene rings is 1. The minimum atomic E-state index is -0.149. The van der Waals surface area contributed by atoms with Gasteiger partial charge in [0.25, 0.3) is 0 Å². The van der Waals surface area contributed by atoms with E-state index in [4.69, 9.17) is 9.47 Å². The van der Waals surface area contributed by atoms with Gasteiger partial charge in [-0.1, -0.05) is 12.1 Å². The van der Waals surface area contributed by atoms with Crippen LogP contribution in [-0.2, 0) is 16.1 Å². The van der Waals surface area contributed by atoms with E-state index in [2.05, 4.69) is 5.32 Å². The van der Waals surface area contributed by atoms with Gasteiger partial charge in [0.2, 0.25) is 0 Å². The van der Waals surface area contributed by atoms with Gasteiger partial charge in [0.15, 0.2) is 0 Å². The molecule has 132 valence electrons. The fourth-order valence-electron chi connectivity index (χ4n) is 2.84. The van der Waals surface area contributed by atoms with E-state index in [0.29, 0.717) is 39.1 Å². The van der Waals surface area contributed by atoms with Gasteiger partial charge in [-0.15, -0.1) is 0 Å². The molecule has 6 nitrogen and oxygen atoms in total. The van der Waals surface area contributed by atoms with Crippen LogP contribution in [0.5, 0.6) is 5.75 Å². The van der Waals surface area contributed by atoms with Crippen LogP contribution < -0.4 is 10.1 Å². The van der Waals surface area contributed by atoms with E-state index in [9.17, 15) is 9.59 Å². The van der Waals surface area contributed by atoms with E-state index in [-0.39, 0.29) is 17.9 Å². The zero-order chi connectivity index (χ0) is 17.5. The van der Waals surface area contributed by atoms with Gasteiger partial charge >= 0.3 is 12.0 Å². The molecular formula is C18H26N2O4. The van der Waals surface area contributed by atoms with Crippen LogP contribution in [0.4, 0.5) is 4.79 Å². The minimum Gasteiger partial charge on any atom is -0.496 e. The summed E-state index contributed by atoms with van der Waals surface area (Å²) in [4.78, 5) is 25.7. The lowest BCUT2D eigenvalue weighted by Crippen LogP contribution is -2.45. The Morgan fingerprint density at radius 1 is 1.29 bits per heavy atom. The maximum atomic E-state index is 12.3. The molecule has 24 heavy (non-hydrogen) atoms. The van der Waals surface area contributed by atoms with Gasteiger partial charge in [0, 0.05) is 19.6 Å². The SMILES string of the molecule is CCOC(=O)C1CCN(C(=O)NCc2ccc(C)c(OC)c2)CC1. The fourth-order valence-corrected chi connectivity index (χ4v) is 2.84. The number of nitrogens with zero attached hydrogens (tertiary/aromatic N) is 1. The standard InChI is InChI=1S/C18H26N2O4/c1-4-24-17(21)15-7-9-20(10-8-15)18(22)19-12-14-6-5-13(2)16(11-14)23-3/h5-6,11,15H,4,7-10,12H2,1-3H3,(H,19,22). The van der Waals surface area contributed by atoms with Crippen molar-refractivity contribution in [3.63, 3.8) is 0 Å². The number of aryl methyl sites for hydroxylation is 1. The number of likely N-dealkylation sites (tertiary alicyclic amines) is 1. The summed E-state index contributed by atoms with van der Waals surface area (Å²) < 4.78 is 10.3. The summed E-state index contributed by atoms with van der Waals surface area (Å²) in [5.74, 6) is 0.580. The smallest absolute Gasteiger partial charge is 0.317 e. The highest BCUT2D eigenvalue weighted by atomic mass is 16.5. The maximum Gasteiger partial charge on any atom is 0.317 e. The minimum absolute atomic E-state index is 0.0876. The van der Waals surface area contributed by atoms with Gasteiger partial charge in [-0.2, -0.15) is 0 Å². The quantitative estimate of drug-likeness (QED) is 0.840. The molecule has 0 saturated carbocycles. The molecule has 1 aliphatic rings. The highest BCUT2D eigenvalue weighted by Gasteiger charge is 2.28. The third-order valence-corrected chi connectivity index (χ3v) is 4.32. The van der Waals surface area contributed by atoms with E-state index in [0.717, 1.165) is 16.9 Å². The van der Waals surface area contributed by atoms with Gasteiger partial charge < -0.3 is 19.7 Å². The number of nitrogens with one attached hydrogen (secondary N) is 1. The highest BCUT2D eigenvalue weighted by Crippen LogP contribution is 2.20. The summed E-state index contributed by atoms with van der Waals surface area (Å²) in [6.07, 6.45) is 1.31. The second kappa shape index (κ2) is 8.57. The van der Waals surface area contributed by atoms with Crippen LogP contribution in [0.15, 0.2) is 18.2 Å². The molecule has 0 aliphatic carbocycles. The van der Waals surface area contributed by atoms with Crippen molar-refractivity contribution < 1.29 is 19.1 Å². The molecule has 1 aliphatic heterocycles. The Labute approximate surface area is 143 Å². The average Bonchev–Trinajstić information content (AvgIpc) is 2.61. The Balaban J connectivity index is 1.81. The van der Waals surface area contributed by atoms with Crippen LogP contribution >= 0.6 is 0 Å². The van der Waals surface area contributed by atoms with Crippen molar-refractivity contribution in [1.29, 1.82) is 0 Å². The molecule has 0 spiro atoms. The number of rotatable bonds is 5. The summed E-state index contributed by atoms with van der Waals surface area (Å²) in [5, 5.41) is 2.92. The summed E-state index contributed by atoms with van der Waals surface area (Å²) >= 11 is 0. The molecule has 6 heteroatoms. The van der Waals surface area contributed by atoms with Crippen LogP contribution in [0, 0.1) is 12.8 Å². The Morgan fingerprint density at radius 2 is 2.00 bits per heavy atom. The highest BCUT2D eigenvalue weighted by molar-refractivity contribution is 5.76. The van der Waals surface area contributed by atoms with Crippen molar-refractivity contribution in [1.82, 2.24) is 10.2 Å². The molecule has 1 heterocycles. The number of carbonyl (C=O) groups excluding carboxylic acids is 2. The van der Waals surface area contributed by atoms with Crippen molar-refractivity contribution in [2.45, 2.75) is 33.2 Å². The number of urea groups is 1. The fraction of sp³-hybridized carbons (Fsp3) is 0.556. The van der Waals surface area contributed by atoms with Crippen molar-refractivity contribution in [2.24, 2.45) is 5.92 Å². The first-order chi connectivity index (χ1) is 11.5. The van der Waals surface area contributed by atoms with E-state index >= 15 is 0 Å². The van der Waals surface area contributed by atoms with Crippen molar-refractivity contribution >= 4 is 12.0 Å². The molecule has 2 amide bonds. The van der Waals surface area contributed by atoms with E-state index < -0.39 is 0 Å². The Hall–Kier alpha value is -2.24. The molecule has 0 bridgehead atoms. The van der Waals surface area contributed by atoms with Crippen molar-refractivity contribution in [2.75, 3.05) is 26.8 Å². The van der Waals surface area contributed by atoms with Gasteiger partial charge in [-0.3, -0.25) is 4.79 Å². The molecule has 1 aromatic rings. The second-order valence-corrected chi connectivity index (χ2v) is 5.98. The maximum absolute atomic E-state index is 12.3. The van der Waals surface area contributed by atoms with Gasteiger partial charge in [-0.05, 0) is 43.9 Å². The van der Waals surface area contributed by atoms with E-state index in [1.807, 2.05) is 25.1 Å². The second-order valence-electron chi connectivity index (χ2n) is 5.98. The molecule has 2 rings (SSSR count). The monoisotopic (exact) mass is 334 g/mol. The molecule has 0 aromatic heterocycles. The number of ether oxygens (including phenoxy) is 2. The molecule has 0 radical (unpaired) electrons. The number of hydrogen-bond acceptors (Lipinski definition) is 4. The topological polar surface area (TPSA) is 67.9 Å². The number of amides is 2. The van der Waals surface area contributed by atoms with Gasteiger partial charge in [-0.25, -0.2) is 4.79 Å². The summed E-state index contributed by atoms with van der Waals surface area (Å²) in [5.41, 5.74) is 2.06. The first-order valence-electron chi connectivity index (χ1n) is 8.38. The summed E-state index contributed by atoms with van der Waals surface area (Å²) in [7, 11) is 1.64. The van der Waals surface area contributed by atoms with Crippen LogP contribution in [0.1, 0.15) is 30.9 Å². The molecule has 0 unspecified atom stereocenters. The number of methoxy groups -OCH3 is 1. The largest absolute Gasteiger partial charge is 0.496 e. The molecule has 1 saturated heterocycles. The molecule has 0 atom stereocenters. The lowest BCUT2D eigenvalue weighted by molar-refractivity contribution is -0.149. The van der Waals surface area contributed by atoms with E-state index in [1.54, 1.807) is 18.9 Å². The molecule has 1 aromatic carbocycles. The number of carbonyl (C=O) groups is 2. The Kier molecular flexibility index (Phi) is 6.46. The first-order valence-corrected chi connectivity index (χ1v) is 8.38. The zero-order valence-electron chi connectivity index (χ0n) is 14.6. The van der Waals surface area contributed by atoms with Crippen LogP contribution in [0.25, 0.3) is 0 Å². The lowest BCUT2D eigenvalue weighted by Gasteiger charge is -2.30. The number of hydrogen-bond donors (Lipinski definition) is 1. The first kappa shape index (κ1) is 18.1. The predicted octanol–water partition coefficient (Wildman–Crippen LogP) is 2.49.